The molecule has 0 aliphatic carbocycles. The Hall–Kier alpha value is -2.08. The third kappa shape index (κ3) is 3.95. The minimum Gasteiger partial charge on any atom is -0.508 e. The summed E-state index contributed by atoms with van der Waals surface area (Å²) < 4.78 is 5.25. The van der Waals surface area contributed by atoms with Crippen molar-refractivity contribution in [2.24, 2.45) is 0 Å². The highest BCUT2D eigenvalue weighted by Crippen LogP contribution is 2.26. The number of aliphatic hydroxyl groups excluding tert-OH is 2. The molecule has 0 aliphatic heterocycles. The number of rotatable bonds is 6. The molecule has 2 aromatic rings. The number of phenolic OH excluding ortho intramolecular Hbond substituents is 2. The zero-order chi connectivity index (χ0) is 15.2. The molecule has 0 saturated carbocycles. The molecule has 4 N–H and O–H groups in total. The van der Waals surface area contributed by atoms with Crippen LogP contribution in [-0.4, -0.2) is 33.6 Å². The lowest BCUT2D eigenvalue weighted by molar-refractivity contribution is -0.0100. The Morgan fingerprint density at radius 3 is 1.48 bits per heavy atom. The van der Waals surface area contributed by atoms with Gasteiger partial charge < -0.3 is 25.2 Å². The number of aliphatic hydroxyl groups is 2. The van der Waals surface area contributed by atoms with Crippen LogP contribution in [0, 0.1) is 0 Å². The van der Waals surface area contributed by atoms with Crippen molar-refractivity contribution < 1.29 is 25.2 Å². The highest BCUT2D eigenvalue weighted by atomic mass is 16.5. The number of hydrogen-bond acceptors (Lipinski definition) is 5. The number of benzene rings is 2. The van der Waals surface area contributed by atoms with Crippen LogP contribution in [0.4, 0.5) is 0 Å². The quantitative estimate of drug-likeness (QED) is 0.652. The molecule has 0 spiro atoms. The highest BCUT2D eigenvalue weighted by molar-refractivity contribution is 5.34. The molecule has 0 saturated heterocycles. The molecule has 0 amide bonds. The maximum Gasteiger partial charge on any atom is 0.121 e. The molecular formula is C16H18O5. The number of hydrogen-bond donors (Lipinski definition) is 4. The minimum absolute atomic E-state index is 0.00477. The SMILES string of the molecule is Oc1ccccc1C(O)COCC(O)c1ccccc1O. The Balaban J connectivity index is 1.87. The zero-order valence-corrected chi connectivity index (χ0v) is 11.4. The second-order valence-electron chi connectivity index (χ2n) is 4.69. The van der Waals surface area contributed by atoms with E-state index in [-0.39, 0.29) is 24.7 Å². The van der Waals surface area contributed by atoms with Gasteiger partial charge in [-0.25, -0.2) is 0 Å². The first-order valence-corrected chi connectivity index (χ1v) is 6.59. The van der Waals surface area contributed by atoms with Crippen LogP contribution in [0.1, 0.15) is 23.3 Å². The van der Waals surface area contributed by atoms with Crippen LogP contribution in [0.5, 0.6) is 11.5 Å². The Bertz CT molecular complexity index is 533. The van der Waals surface area contributed by atoms with E-state index in [1.165, 1.54) is 12.1 Å². The zero-order valence-electron chi connectivity index (χ0n) is 11.4. The average Bonchev–Trinajstić information content (AvgIpc) is 2.48. The molecule has 5 nitrogen and oxygen atoms in total. The van der Waals surface area contributed by atoms with Crippen molar-refractivity contribution in [3.05, 3.63) is 59.7 Å². The number of ether oxygens (including phenoxy) is 1. The Morgan fingerprint density at radius 2 is 1.10 bits per heavy atom. The molecule has 0 fully saturated rings. The van der Waals surface area contributed by atoms with Crippen molar-refractivity contribution in [1.29, 1.82) is 0 Å². The molecule has 0 heterocycles. The normalized spacial score (nSPS) is 13.8. The molecule has 0 aliphatic rings. The first-order valence-electron chi connectivity index (χ1n) is 6.59. The van der Waals surface area contributed by atoms with E-state index in [0.29, 0.717) is 11.1 Å². The maximum atomic E-state index is 9.92. The van der Waals surface area contributed by atoms with Crippen LogP contribution < -0.4 is 0 Å². The smallest absolute Gasteiger partial charge is 0.121 e. The second kappa shape index (κ2) is 7.08. The summed E-state index contributed by atoms with van der Waals surface area (Å²) in [6.07, 6.45) is -1.97. The van der Waals surface area contributed by atoms with Gasteiger partial charge in [-0.15, -0.1) is 0 Å². The van der Waals surface area contributed by atoms with Gasteiger partial charge in [0.15, 0.2) is 0 Å². The van der Waals surface area contributed by atoms with Gasteiger partial charge in [-0.2, -0.15) is 0 Å². The molecule has 0 bridgehead atoms. The van der Waals surface area contributed by atoms with Gasteiger partial charge in [0.2, 0.25) is 0 Å². The molecule has 21 heavy (non-hydrogen) atoms. The summed E-state index contributed by atoms with van der Waals surface area (Å²) in [6.45, 7) is -0.134. The lowest BCUT2D eigenvalue weighted by Gasteiger charge is -2.16. The summed E-state index contributed by atoms with van der Waals surface area (Å²) in [5, 5.41) is 39.1. The van der Waals surface area contributed by atoms with Gasteiger partial charge in [0.05, 0.1) is 13.2 Å². The van der Waals surface area contributed by atoms with E-state index in [9.17, 15) is 20.4 Å². The summed E-state index contributed by atoms with van der Waals surface area (Å²) >= 11 is 0. The van der Waals surface area contributed by atoms with E-state index in [4.69, 9.17) is 4.74 Å². The summed E-state index contributed by atoms with van der Waals surface area (Å²) in [5.41, 5.74) is 0.740. The van der Waals surface area contributed by atoms with Crippen LogP contribution in [-0.2, 0) is 4.74 Å². The molecular weight excluding hydrogens is 272 g/mol. The van der Waals surface area contributed by atoms with Crippen LogP contribution >= 0.6 is 0 Å². The van der Waals surface area contributed by atoms with E-state index in [1.807, 2.05) is 0 Å². The van der Waals surface area contributed by atoms with Crippen molar-refractivity contribution >= 4 is 0 Å². The van der Waals surface area contributed by atoms with Crippen LogP contribution in [0.25, 0.3) is 0 Å². The van der Waals surface area contributed by atoms with Crippen molar-refractivity contribution in [2.45, 2.75) is 12.2 Å². The third-order valence-corrected chi connectivity index (χ3v) is 3.14. The predicted octanol–water partition coefficient (Wildman–Crippen LogP) is 1.88. The van der Waals surface area contributed by atoms with Crippen LogP contribution in [0.2, 0.25) is 0 Å². The molecule has 0 aromatic heterocycles. The van der Waals surface area contributed by atoms with E-state index >= 15 is 0 Å². The van der Waals surface area contributed by atoms with Gasteiger partial charge in [0.25, 0.3) is 0 Å². The first-order chi connectivity index (χ1) is 10.1. The topological polar surface area (TPSA) is 90.2 Å². The van der Waals surface area contributed by atoms with E-state index in [1.54, 1.807) is 36.4 Å². The fourth-order valence-electron chi connectivity index (χ4n) is 2.01. The van der Waals surface area contributed by atoms with Crippen molar-refractivity contribution in [3.8, 4) is 11.5 Å². The van der Waals surface area contributed by atoms with Gasteiger partial charge >= 0.3 is 0 Å². The Kier molecular flexibility index (Phi) is 5.16. The molecule has 2 rings (SSSR count). The summed E-state index contributed by atoms with van der Waals surface area (Å²) in [4.78, 5) is 0. The van der Waals surface area contributed by atoms with Gasteiger partial charge in [-0.1, -0.05) is 36.4 Å². The van der Waals surface area contributed by atoms with Crippen molar-refractivity contribution in [3.63, 3.8) is 0 Å². The standard InChI is InChI=1S/C16H18O5/c17-13-7-3-1-5-11(13)15(19)9-21-10-16(20)12-6-2-4-8-14(12)18/h1-8,15-20H,9-10H2. The molecule has 2 atom stereocenters. The van der Waals surface area contributed by atoms with E-state index < -0.39 is 12.2 Å². The number of para-hydroxylation sites is 2. The largest absolute Gasteiger partial charge is 0.508 e. The molecule has 112 valence electrons. The number of phenols is 2. The first kappa shape index (κ1) is 15.3. The second-order valence-corrected chi connectivity index (χ2v) is 4.69. The lowest BCUT2D eigenvalue weighted by Crippen LogP contribution is -2.13. The summed E-state index contributed by atoms with van der Waals surface area (Å²) in [5.74, 6) is -0.00953. The van der Waals surface area contributed by atoms with E-state index in [0.717, 1.165) is 0 Å². The van der Waals surface area contributed by atoms with Gasteiger partial charge in [-0.05, 0) is 12.1 Å². The van der Waals surface area contributed by atoms with Crippen LogP contribution in [0.3, 0.4) is 0 Å². The third-order valence-electron chi connectivity index (χ3n) is 3.14. The van der Waals surface area contributed by atoms with Crippen LogP contribution in [0.15, 0.2) is 48.5 Å². The van der Waals surface area contributed by atoms with Gasteiger partial charge in [0, 0.05) is 11.1 Å². The maximum absolute atomic E-state index is 9.92. The Labute approximate surface area is 122 Å². The minimum atomic E-state index is -0.984. The van der Waals surface area contributed by atoms with Gasteiger partial charge in [-0.3, -0.25) is 0 Å². The average molecular weight is 290 g/mol. The van der Waals surface area contributed by atoms with Crippen molar-refractivity contribution in [2.75, 3.05) is 13.2 Å². The molecule has 5 heteroatoms. The number of aromatic hydroxyl groups is 2. The van der Waals surface area contributed by atoms with Crippen molar-refractivity contribution in [1.82, 2.24) is 0 Å². The lowest BCUT2D eigenvalue weighted by atomic mass is 10.1. The summed E-state index contributed by atoms with van der Waals surface area (Å²) in [6, 6.07) is 12.9. The molecule has 0 radical (unpaired) electrons. The van der Waals surface area contributed by atoms with E-state index in [2.05, 4.69) is 0 Å². The monoisotopic (exact) mass is 290 g/mol. The fraction of sp³-hybridized carbons (Fsp3) is 0.250. The highest BCUT2D eigenvalue weighted by Gasteiger charge is 2.15. The molecule has 2 unspecified atom stereocenters. The summed E-state index contributed by atoms with van der Waals surface area (Å²) in [7, 11) is 0. The fourth-order valence-corrected chi connectivity index (χ4v) is 2.01. The molecule has 2 aromatic carbocycles. The Morgan fingerprint density at radius 1 is 0.714 bits per heavy atom. The predicted molar refractivity (Wildman–Crippen MR) is 77.0 cm³/mol. The van der Waals surface area contributed by atoms with Gasteiger partial charge in [0.1, 0.15) is 23.7 Å².